The average Bonchev–Trinajstić information content (AvgIpc) is 2.41. The third-order valence-corrected chi connectivity index (χ3v) is 5.48. The molecule has 0 bridgehead atoms. The van der Waals surface area contributed by atoms with Crippen molar-refractivity contribution in [3.05, 3.63) is 27.3 Å². The van der Waals surface area contributed by atoms with Crippen LogP contribution in [0.5, 0.6) is 0 Å². The molecule has 3 heteroatoms. The molecule has 1 aliphatic rings. The normalized spacial score (nSPS) is 25.9. The molecule has 1 aromatic carbocycles. The van der Waals surface area contributed by atoms with Crippen molar-refractivity contribution in [2.75, 3.05) is 5.32 Å². The zero-order valence-corrected chi connectivity index (χ0v) is 15.6. The van der Waals surface area contributed by atoms with Gasteiger partial charge in [0.25, 0.3) is 0 Å². The Labute approximate surface area is 142 Å². The summed E-state index contributed by atoms with van der Waals surface area (Å²) >= 11 is 2.30. The predicted octanol–water partition coefficient (Wildman–Crippen LogP) is 5.25. The summed E-state index contributed by atoms with van der Waals surface area (Å²) in [6.45, 7) is 8.82. The van der Waals surface area contributed by atoms with E-state index in [1.807, 2.05) is 12.1 Å². The summed E-state index contributed by atoms with van der Waals surface area (Å²) in [5.74, 6) is 2.13. The highest BCUT2D eigenvalue weighted by molar-refractivity contribution is 14.1. The quantitative estimate of drug-likeness (QED) is 0.692. The van der Waals surface area contributed by atoms with E-state index in [9.17, 15) is 4.79 Å². The molecule has 0 spiro atoms. The smallest absolute Gasteiger partial charge is 0.227 e. The Morgan fingerprint density at radius 2 is 2.05 bits per heavy atom. The maximum Gasteiger partial charge on any atom is 0.227 e. The molecule has 2 nitrogen and oxygen atoms in total. The number of hydrogen-bond donors (Lipinski definition) is 1. The number of nitrogens with one attached hydrogen (secondary N) is 1. The van der Waals surface area contributed by atoms with Crippen LogP contribution in [0, 0.1) is 34.2 Å². The Balaban J connectivity index is 2.13. The molecular weight excluding hydrogens is 373 g/mol. The van der Waals surface area contributed by atoms with Gasteiger partial charge in [-0.25, -0.2) is 0 Å². The first-order valence-corrected chi connectivity index (χ1v) is 9.03. The molecule has 1 amide bonds. The van der Waals surface area contributed by atoms with Crippen LogP contribution in [0.2, 0.25) is 0 Å². The molecule has 1 N–H and O–H groups in total. The third kappa shape index (κ3) is 4.21. The largest absolute Gasteiger partial charge is 0.326 e. The summed E-state index contributed by atoms with van der Waals surface area (Å²) < 4.78 is 1.20. The Bertz CT molecular complexity index is 512. The summed E-state index contributed by atoms with van der Waals surface area (Å²) in [6, 6.07) is 6.18. The van der Waals surface area contributed by atoms with Crippen molar-refractivity contribution in [3.8, 4) is 0 Å². The Hall–Kier alpha value is -0.580. The van der Waals surface area contributed by atoms with Gasteiger partial charge < -0.3 is 5.32 Å². The van der Waals surface area contributed by atoms with Crippen molar-refractivity contribution < 1.29 is 4.79 Å². The number of rotatable bonds is 3. The second-order valence-electron chi connectivity index (χ2n) is 6.88. The molecule has 1 aromatic rings. The Morgan fingerprint density at radius 1 is 1.33 bits per heavy atom. The van der Waals surface area contributed by atoms with E-state index in [1.165, 1.54) is 16.4 Å². The molecule has 0 saturated heterocycles. The van der Waals surface area contributed by atoms with Crippen molar-refractivity contribution in [2.24, 2.45) is 23.7 Å². The zero-order chi connectivity index (χ0) is 15.6. The van der Waals surface area contributed by atoms with E-state index >= 15 is 0 Å². The van der Waals surface area contributed by atoms with Crippen LogP contribution in [0.4, 0.5) is 5.69 Å². The number of hydrogen-bond acceptors (Lipinski definition) is 1. The first-order valence-electron chi connectivity index (χ1n) is 7.95. The number of amides is 1. The van der Waals surface area contributed by atoms with Gasteiger partial charge in [-0.1, -0.05) is 27.2 Å². The first-order chi connectivity index (χ1) is 9.88. The number of carbonyl (C=O) groups is 1. The van der Waals surface area contributed by atoms with Crippen LogP contribution in [-0.4, -0.2) is 5.91 Å². The van der Waals surface area contributed by atoms with E-state index in [1.54, 1.807) is 0 Å². The van der Waals surface area contributed by atoms with Crippen LogP contribution in [0.15, 0.2) is 18.2 Å². The van der Waals surface area contributed by atoms with Gasteiger partial charge in [-0.05, 0) is 83.9 Å². The van der Waals surface area contributed by atoms with Gasteiger partial charge in [0.05, 0.1) is 0 Å². The molecule has 1 aliphatic carbocycles. The Kier molecular flexibility index (Phi) is 5.69. The minimum Gasteiger partial charge on any atom is -0.326 e. The lowest BCUT2D eigenvalue weighted by Crippen LogP contribution is -2.36. The molecule has 0 aliphatic heterocycles. The molecule has 0 heterocycles. The van der Waals surface area contributed by atoms with Crippen molar-refractivity contribution in [2.45, 2.75) is 47.0 Å². The molecule has 3 unspecified atom stereocenters. The van der Waals surface area contributed by atoms with Gasteiger partial charge in [0.1, 0.15) is 0 Å². The molecule has 0 radical (unpaired) electrons. The number of benzene rings is 1. The fourth-order valence-electron chi connectivity index (χ4n) is 3.50. The van der Waals surface area contributed by atoms with Crippen molar-refractivity contribution in [3.63, 3.8) is 0 Å². The molecule has 1 saturated carbocycles. The second-order valence-corrected chi connectivity index (χ2v) is 8.13. The molecule has 3 atom stereocenters. The number of aryl methyl sites for hydroxylation is 1. The van der Waals surface area contributed by atoms with Crippen molar-refractivity contribution in [1.29, 1.82) is 0 Å². The van der Waals surface area contributed by atoms with Gasteiger partial charge in [-0.2, -0.15) is 0 Å². The number of anilines is 1. The topological polar surface area (TPSA) is 29.1 Å². The first kappa shape index (κ1) is 16.8. The van der Waals surface area contributed by atoms with Gasteiger partial charge in [0.15, 0.2) is 0 Å². The second kappa shape index (κ2) is 7.12. The van der Waals surface area contributed by atoms with E-state index in [0.717, 1.165) is 17.7 Å². The minimum atomic E-state index is 0.160. The summed E-state index contributed by atoms with van der Waals surface area (Å²) in [7, 11) is 0. The lowest BCUT2D eigenvalue weighted by Gasteiger charge is -2.36. The third-order valence-electron chi connectivity index (χ3n) is 4.81. The summed E-state index contributed by atoms with van der Waals surface area (Å²) in [5.41, 5.74) is 2.10. The number of carbonyl (C=O) groups excluding carboxylic acids is 1. The van der Waals surface area contributed by atoms with Crippen LogP contribution in [0.3, 0.4) is 0 Å². The van der Waals surface area contributed by atoms with Crippen molar-refractivity contribution >= 4 is 34.2 Å². The van der Waals surface area contributed by atoms with E-state index in [0.29, 0.717) is 17.8 Å². The highest BCUT2D eigenvalue weighted by atomic mass is 127. The molecular formula is C18H26INO. The van der Waals surface area contributed by atoms with Gasteiger partial charge >= 0.3 is 0 Å². The zero-order valence-electron chi connectivity index (χ0n) is 13.4. The fourth-order valence-corrected chi connectivity index (χ4v) is 4.14. The lowest BCUT2D eigenvalue weighted by molar-refractivity contribution is -0.124. The fraction of sp³-hybridized carbons (Fsp3) is 0.611. The Morgan fingerprint density at radius 3 is 2.67 bits per heavy atom. The number of halogens is 1. The van der Waals surface area contributed by atoms with Crippen molar-refractivity contribution in [1.82, 2.24) is 0 Å². The van der Waals surface area contributed by atoms with Gasteiger partial charge in [-0.15, -0.1) is 0 Å². The average molecular weight is 399 g/mol. The maximum absolute atomic E-state index is 12.8. The molecule has 21 heavy (non-hydrogen) atoms. The highest BCUT2D eigenvalue weighted by Crippen LogP contribution is 2.38. The standard InChI is InChI=1S/C18H26INO/c1-11(2)15-7-5-12(3)9-16(15)18(21)20-17-8-6-14(19)10-13(17)4/h6,8,10-12,15-16H,5,7,9H2,1-4H3,(H,20,21). The molecule has 116 valence electrons. The van der Waals surface area contributed by atoms with E-state index in [-0.39, 0.29) is 11.8 Å². The van der Waals surface area contributed by atoms with Gasteiger partial charge in [0, 0.05) is 15.2 Å². The summed E-state index contributed by atoms with van der Waals surface area (Å²) in [6.07, 6.45) is 3.47. The molecule has 0 aromatic heterocycles. The highest BCUT2D eigenvalue weighted by Gasteiger charge is 2.35. The monoisotopic (exact) mass is 399 g/mol. The SMILES string of the molecule is Cc1cc(I)ccc1NC(=O)C1CC(C)CCC1C(C)C. The van der Waals surface area contributed by atoms with Gasteiger partial charge in [-0.3, -0.25) is 4.79 Å². The van der Waals surface area contributed by atoms with Crippen LogP contribution >= 0.6 is 22.6 Å². The van der Waals surface area contributed by atoms with Crippen LogP contribution < -0.4 is 5.32 Å². The minimum absolute atomic E-state index is 0.160. The van der Waals surface area contributed by atoms with E-state index in [2.05, 4.69) is 61.7 Å². The predicted molar refractivity (Wildman–Crippen MR) is 97.4 cm³/mol. The molecule has 2 rings (SSSR count). The van der Waals surface area contributed by atoms with E-state index in [4.69, 9.17) is 0 Å². The summed E-state index contributed by atoms with van der Waals surface area (Å²) in [4.78, 5) is 12.8. The lowest BCUT2D eigenvalue weighted by atomic mass is 9.70. The molecule has 1 fully saturated rings. The van der Waals surface area contributed by atoms with Gasteiger partial charge in [0.2, 0.25) is 5.91 Å². The van der Waals surface area contributed by atoms with E-state index < -0.39 is 0 Å². The van der Waals surface area contributed by atoms with Crippen LogP contribution in [0.1, 0.15) is 45.6 Å². The van der Waals surface area contributed by atoms with Crippen LogP contribution in [0.25, 0.3) is 0 Å². The maximum atomic E-state index is 12.8. The summed E-state index contributed by atoms with van der Waals surface area (Å²) in [5, 5.41) is 3.17. The van der Waals surface area contributed by atoms with Crippen LogP contribution in [-0.2, 0) is 4.79 Å².